The first-order valence-electron chi connectivity index (χ1n) is 8.32. The van der Waals surface area contributed by atoms with Gasteiger partial charge in [0.2, 0.25) is 0 Å². The van der Waals surface area contributed by atoms with Crippen molar-refractivity contribution < 1.29 is 19.6 Å². The van der Waals surface area contributed by atoms with Crippen LogP contribution in [0.4, 0.5) is 16.3 Å². The summed E-state index contributed by atoms with van der Waals surface area (Å²) >= 11 is 0. The van der Waals surface area contributed by atoms with Crippen molar-refractivity contribution in [1.29, 1.82) is 0 Å². The number of amides is 1. The van der Waals surface area contributed by atoms with Crippen LogP contribution in [0.25, 0.3) is 5.65 Å². The van der Waals surface area contributed by atoms with Gasteiger partial charge in [-0.15, -0.1) is 5.10 Å². The molecule has 3 aromatic heterocycles. The van der Waals surface area contributed by atoms with Gasteiger partial charge in [-0.2, -0.15) is 5.10 Å². The lowest BCUT2D eigenvalue weighted by atomic mass is 9.81. The minimum absolute atomic E-state index is 0.124. The largest absolute Gasteiger partial charge is 0.490 e. The Labute approximate surface area is 155 Å². The molecule has 0 aromatic carbocycles. The standard InChI is InChI=1S/C15H20BN7O4/c1-5-21-8-12(19-20-21)23(14(24)27-15(2,3)4)11-6-10(16(25)26)7-22-13(11)17-9-18-22/h6-9,25-26H,5H2,1-4H3. The van der Waals surface area contributed by atoms with E-state index in [1.807, 2.05) is 6.92 Å². The van der Waals surface area contributed by atoms with Crippen LogP contribution in [0.15, 0.2) is 24.8 Å². The zero-order valence-corrected chi connectivity index (χ0v) is 15.4. The number of carbonyl (C=O) groups is 1. The lowest BCUT2D eigenvalue weighted by Crippen LogP contribution is -2.36. The van der Waals surface area contributed by atoms with Crippen molar-refractivity contribution in [3.05, 3.63) is 24.8 Å². The predicted molar refractivity (Wildman–Crippen MR) is 96.9 cm³/mol. The highest BCUT2D eigenvalue weighted by Crippen LogP contribution is 2.28. The first-order chi connectivity index (χ1) is 12.7. The van der Waals surface area contributed by atoms with Gasteiger partial charge in [-0.1, -0.05) is 5.21 Å². The molecule has 0 atom stereocenters. The highest BCUT2D eigenvalue weighted by atomic mass is 16.6. The zero-order chi connectivity index (χ0) is 19.8. The number of hydrogen-bond donors (Lipinski definition) is 2. The number of anilines is 2. The quantitative estimate of drug-likeness (QED) is 0.616. The summed E-state index contributed by atoms with van der Waals surface area (Å²) in [6, 6.07) is 1.42. The van der Waals surface area contributed by atoms with Crippen LogP contribution in [0.5, 0.6) is 0 Å². The summed E-state index contributed by atoms with van der Waals surface area (Å²) in [5.74, 6) is 0.209. The van der Waals surface area contributed by atoms with Crippen LogP contribution in [0.3, 0.4) is 0 Å². The Morgan fingerprint density at radius 2 is 2.07 bits per heavy atom. The summed E-state index contributed by atoms with van der Waals surface area (Å²) in [7, 11) is -1.76. The van der Waals surface area contributed by atoms with Crippen LogP contribution in [0.2, 0.25) is 0 Å². The monoisotopic (exact) mass is 373 g/mol. The average Bonchev–Trinajstić information content (AvgIpc) is 3.21. The molecular formula is C15H20BN7O4. The Kier molecular flexibility index (Phi) is 4.85. The maximum Gasteiger partial charge on any atom is 0.490 e. The number of hydrogen-bond acceptors (Lipinski definition) is 8. The van der Waals surface area contributed by atoms with Crippen LogP contribution in [0, 0.1) is 0 Å². The van der Waals surface area contributed by atoms with Crippen molar-refractivity contribution in [2.75, 3.05) is 4.90 Å². The van der Waals surface area contributed by atoms with Crippen molar-refractivity contribution in [2.45, 2.75) is 39.8 Å². The number of pyridine rings is 1. The molecule has 11 nitrogen and oxygen atoms in total. The van der Waals surface area contributed by atoms with Crippen molar-refractivity contribution in [3.8, 4) is 0 Å². The molecule has 12 heteroatoms. The van der Waals surface area contributed by atoms with Gasteiger partial charge in [0.15, 0.2) is 11.5 Å². The van der Waals surface area contributed by atoms with Gasteiger partial charge in [-0.3, -0.25) is 4.68 Å². The number of rotatable bonds is 4. The lowest BCUT2D eigenvalue weighted by molar-refractivity contribution is 0.0598. The molecule has 0 aliphatic heterocycles. The molecule has 2 N–H and O–H groups in total. The van der Waals surface area contributed by atoms with E-state index in [0.29, 0.717) is 12.2 Å². The molecule has 0 aliphatic rings. The molecule has 0 aliphatic carbocycles. The number of nitrogens with zero attached hydrogens (tertiary/aromatic N) is 7. The highest BCUT2D eigenvalue weighted by molar-refractivity contribution is 6.58. The molecule has 142 valence electrons. The van der Waals surface area contributed by atoms with Gasteiger partial charge in [-0.05, 0) is 33.8 Å². The second-order valence-corrected chi connectivity index (χ2v) is 6.81. The third-order valence-corrected chi connectivity index (χ3v) is 3.57. The Hall–Kier alpha value is -2.99. The topological polar surface area (TPSA) is 131 Å². The van der Waals surface area contributed by atoms with Crippen LogP contribution in [0.1, 0.15) is 27.7 Å². The molecule has 0 fully saturated rings. The summed E-state index contributed by atoms with van der Waals surface area (Å²) in [6.07, 6.45) is 3.58. The fraction of sp³-hybridized carbons (Fsp3) is 0.400. The number of carbonyl (C=O) groups excluding carboxylic acids is 1. The molecule has 0 unspecified atom stereocenters. The van der Waals surface area contributed by atoms with E-state index < -0.39 is 18.8 Å². The molecule has 0 bridgehead atoms. The van der Waals surface area contributed by atoms with E-state index in [9.17, 15) is 14.8 Å². The van der Waals surface area contributed by atoms with Crippen molar-refractivity contribution in [3.63, 3.8) is 0 Å². The van der Waals surface area contributed by atoms with Crippen LogP contribution in [-0.4, -0.2) is 58.5 Å². The number of aryl methyl sites for hydroxylation is 1. The predicted octanol–water partition coefficient (Wildman–Crippen LogP) is 0.0937. The Morgan fingerprint density at radius 3 is 2.67 bits per heavy atom. The normalized spacial score (nSPS) is 11.6. The van der Waals surface area contributed by atoms with Gasteiger partial charge in [-0.25, -0.2) is 19.2 Å². The second-order valence-electron chi connectivity index (χ2n) is 6.81. The summed E-state index contributed by atoms with van der Waals surface area (Å²) < 4.78 is 8.40. The van der Waals surface area contributed by atoms with Crippen molar-refractivity contribution in [1.82, 2.24) is 29.6 Å². The Morgan fingerprint density at radius 1 is 1.33 bits per heavy atom. The SMILES string of the molecule is CCn1cc(N(C(=O)OC(C)(C)C)c2cc(B(O)O)cn3ncnc23)nn1. The van der Waals surface area contributed by atoms with Crippen molar-refractivity contribution in [2.24, 2.45) is 0 Å². The van der Waals surface area contributed by atoms with Crippen molar-refractivity contribution >= 4 is 35.8 Å². The lowest BCUT2D eigenvalue weighted by Gasteiger charge is -2.26. The summed E-state index contributed by atoms with van der Waals surface area (Å²) in [5, 5.41) is 31.2. The van der Waals surface area contributed by atoms with E-state index in [1.54, 1.807) is 31.6 Å². The first-order valence-corrected chi connectivity index (χ1v) is 8.32. The average molecular weight is 373 g/mol. The molecular weight excluding hydrogens is 353 g/mol. The Bertz CT molecular complexity index is 963. The Balaban J connectivity index is 2.19. The van der Waals surface area contributed by atoms with Gasteiger partial charge in [0, 0.05) is 18.2 Å². The van der Waals surface area contributed by atoms with Gasteiger partial charge in [0.05, 0.1) is 11.9 Å². The minimum atomic E-state index is -1.76. The number of ether oxygens (including phenoxy) is 1. The molecule has 3 heterocycles. The van der Waals surface area contributed by atoms with E-state index in [1.165, 1.54) is 28.0 Å². The maximum absolute atomic E-state index is 12.9. The smallest absolute Gasteiger partial charge is 0.443 e. The second kappa shape index (κ2) is 6.97. The van der Waals surface area contributed by atoms with Gasteiger partial charge >= 0.3 is 13.2 Å². The summed E-state index contributed by atoms with van der Waals surface area (Å²) in [6.45, 7) is 7.67. The van der Waals surface area contributed by atoms with Gasteiger partial charge in [0.25, 0.3) is 0 Å². The van der Waals surface area contributed by atoms with E-state index in [-0.39, 0.29) is 17.0 Å². The first kappa shape index (κ1) is 18.8. The summed E-state index contributed by atoms with van der Waals surface area (Å²) in [4.78, 5) is 18.3. The van der Waals surface area contributed by atoms with E-state index in [0.717, 1.165) is 0 Å². The fourth-order valence-electron chi connectivity index (χ4n) is 2.40. The minimum Gasteiger partial charge on any atom is -0.443 e. The summed E-state index contributed by atoms with van der Waals surface area (Å²) in [5.41, 5.74) is -0.0834. The van der Waals surface area contributed by atoms with Crippen LogP contribution < -0.4 is 10.4 Å². The molecule has 3 rings (SSSR count). The van der Waals surface area contributed by atoms with E-state index in [4.69, 9.17) is 4.74 Å². The van der Waals surface area contributed by atoms with E-state index >= 15 is 0 Å². The third kappa shape index (κ3) is 3.91. The molecule has 0 radical (unpaired) electrons. The molecule has 27 heavy (non-hydrogen) atoms. The molecule has 0 spiro atoms. The third-order valence-electron chi connectivity index (χ3n) is 3.57. The van der Waals surface area contributed by atoms with Crippen LogP contribution >= 0.6 is 0 Å². The molecule has 0 saturated carbocycles. The molecule has 3 aromatic rings. The van der Waals surface area contributed by atoms with E-state index in [2.05, 4.69) is 20.4 Å². The van der Waals surface area contributed by atoms with Crippen LogP contribution in [-0.2, 0) is 11.3 Å². The number of fused-ring (bicyclic) bond motifs is 1. The molecule has 0 saturated heterocycles. The maximum atomic E-state index is 12.9. The van der Waals surface area contributed by atoms with Gasteiger partial charge < -0.3 is 14.8 Å². The fourth-order valence-corrected chi connectivity index (χ4v) is 2.40. The van der Waals surface area contributed by atoms with Gasteiger partial charge in [0.1, 0.15) is 11.9 Å². The molecule has 1 amide bonds. The number of aromatic nitrogens is 6. The highest BCUT2D eigenvalue weighted by Gasteiger charge is 2.30. The zero-order valence-electron chi connectivity index (χ0n) is 15.4.